The van der Waals surface area contributed by atoms with Gasteiger partial charge in [0.25, 0.3) is 0 Å². The molecule has 0 saturated heterocycles. The Morgan fingerprint density at radius 2 is 1.94 bits per heavy atom. The maximum Gasteiger partial charge on any atom is 0.243 e. The van der Waals surface area contributed by atoms with E-state index in [9.17, 15) is 9.59 Å². The van der Waals surface area contributed by atoms with Crippen LogP contribution in [0.15, 0.2) is 30.3 Å². The van der Waals surface area contributed by atoms with Crippen LogP contribution in [-0.4, -0.2) is 23.2 Å². The van der Waals surface area contributed by atoms with E-state index < -0.39 is 6.04 Å². The molecular formula is C12H15BrN2O2. The molecule has 1 aromatic carbocycles. The number of carbonyl (C=O) groups excluding carboxylic acids is 2. The van der Waals surface area contributed by atoms with Gasteiger partial charge in [-0.2, -0.15) is 0 Å². The number of hydrogen-bond donors (Lipinski definition) is 2. The van der Waals surface area contributed by atoms with Gasteiger partial charge in [-0.3, -0.25) is 9.59 Å². The van der Waals surface area contributed by atoms with Gasteiger partial charge in [-0.05, 0) is 5.56 Å². The number of benzene rings is 1. The van der Waals surface area contributed by atoms with Gasteiger partial charge in [0, 0.05) is 18.8 Å². The van der Waals surface area contributed by atoms with E-state index in [0.717, 1.165) is 5.56 Å². The molecular weight excluding hydrogens is 284 g/mol. The Morgan fingerprint density at radius 1 is 1.29 bits per heavy atom. The molecule has 0 heterocycles. The van der Waals surface area contributed by atoms with Crippen molar-refractivity contribution in [3.8, 4) is 0 Å². The van der Waals surface area contributed by atoms with E-state index in [1.54, 1.807) is 0 Å². The molecule has 0 aromatic heterocycles. The van der Waals surface area contributed by atoms with Gasteiger partial charge in [0.2, 0.25) is 11.8 Å². The van der Waals surface area contributed by atoms with E-state index in [1.165, 1.54) is 6.92 Å². The van der Waals surface area contributed by atoms with Gasteiger partial charge in [0.15, 0.2) is 0 Å². The number of carbonyl (C=O) groups is 2. The number of hydrogen-bond acceptors (Lipinski definition) is 2. The monoisotopic (exact) mass is 298 g/mol. The highest BCUT2D eigenvalue weighted by molar-refractivity contribution is 9.09. The Morgan fingerprint density at radius 3 is 2.47 bits per heavy atom. The van der Waals surface area contributed by atoms with Crippen LogP contribution in [0.2, 0.25) is 0 Å². The first-order chi connectivity index (χ1) is 8.13. The molecule has 0 spiro atoms. The summed E-state index contributed by atoms with van der Waals surface area (Å²) in [4.78, 5) is 22.6. The third kappa shape index (κ3) is 4.99. The van der Waals surface area contributed by atoms with Crippen molar-refractivity contribution in [3.05, 3.63) is 35.9 Å². The predicted octanol–water partition coefficient (Wildman–Crippen LogP) is 1.20. The Balaban J connectivity index is 2.45. The van der Waals surface area contributed by atoms with Gasteiger partial charge in [-0.25, -0.2) is 0 Å². The first-order valence-corrected chi connectivity index (χ1v) is 6.40. The molecule has 0 aliphatic carbocycles. The fourth-order valence-corrected chi connectivity index (χ4v) is 1.78. The molecule has 0 radical (unpaired) electrons. The van der Waals surface area contributed by atoms with Crippen molar-refractivity contribution in [2.45, 2.75) is 19.5 Å². The predicted molar refractivity (Wildman–Crippen MR) is 69.7 cm³/mol. The highest BCUT2D eigenvalue weighted by Crippen LogP contribution is 1.98. The second-order valence-electron chi connectivity index (χ2n) is 3.61. The molecule has 2 N–H and O–H groups in total. The molecule has 1 atom stereocenters. The summed E-state index contributed by atoms with van der Waals surface area (Å²) >= 11 is 3.20. The lowest BCUT2D eigenvalue weighted by Crippen LogP contribution is -2.46. The Labute approximate surface area is 109 Å². The summed E-state index contributed by atoms with van der Waals surface area (Å²) in [6, 6.07) is 9.08. The summed E-state index contributed by atoms with van der Waals surface area (Å²) < 4.78 is 0. The Hall–Kier alpha value is -1.36. The van der Waals surface area contributed by atoms with Crippen molar-refractivity contribution in [1.82, 2.24) is 10.6 Å². The van der Waals surface area contributed by atoms with E-state index in [1.807, 2.05) is 30.3 Å². The third-order valence-corrected chi connectivity index (χ3v) is 2.81. The van der Waals surface area contributed by atoms with Gasteiger partial charge in [-0.1, -0.05) is 46.3 Å². The second-order valence-corrected chi connectivity index (χ2v) is 4.26. The van der Waals surface area contributed by atoms with Gasteiger partial charge in [-0.15, -0.1) is 0 Å². The highest BCUT2D eigenvalue weighted by atomic mass is 79.9. The first kappa shape index (κ1) is 13.7. The minimum atomic E-state index is -0.531. The van der Waals surface area contributed by atoms with Crippen molar-refractivity contribution in [3.63, 3.8) is 0 Å². The quantitative estimate of drug-likeness (QED) is 0.803. The van der Waals surface area contributed by atoms with E-state index in [0.29, 0.717) is 11.9 Å². The summed E-state index contributed by atoms with van der Waals surface area (Å²) in [6.07, 6.45) is 0. The summed E-state index contributed by atoms with van der Waals surface area (Å²) in [5, 5.41) is 5.74. The Kier molecular flexibility index (Phi) is 5.69. The number of nitrogens with one attached hydrogen (secondary N) is 2. The van der Waals surface area contributed by atoms with Crippen molar-refractivity contribution < 1.29 is 9.59 Å². The van der Waals surface area contributed by atoms with Crippen LogP contribution >= 0.6 is 15.9 Å². The van der Waals surface area contributed by atoms with Crippen LogP contribution < -0.4 is 10.6 Å². The molecule has 5 heteroatoms. The van der Waals surface area contributed by atoms with E-state index in [2.05, 4.69) is 26.6 Å². The molecule has 1 unspecified atom stereocenters. The normalized spacial score (nSPS) is 11.6. The molecule has 0 fully saturated rings. The number of rotatable bonds is 5. The van der Waals surface area contributed by atoms with Crippen LogP contribution in [0.25, 0.3) is 0 Å². The zero-order chi connectivity index (χ0) is 12.7. The van der Waals surface area contributed by atoms with Crippen molar-refractivity contribution in [1.29, 1.82) is 0 Å². The minimum Gasteiger partial charge on any atom is -0.350 e. The zero-order valence-electron chi connectivity index (χ0n) is 9.57. The molecule has 0 saturated carbocycles. The van der Waals surface area contributed by atoms with Gasteiger partial charge >= 0.3 is 0 Å². The van der Waals surface area contributed by atoms with Gasteiger partial charge < -0.3 is 10.6 Å². The van der Waals surface area contributed by atoms with Crippen LogP contribution in [-0.2, 0) is 16.1 Å². The van der Waals surface area contributed by atoms with Crippen molar-refractivity contribution in [2.24, 2.45) is 0 Å². The fraction of sp³-hybridized carbons (Fsp3) is 0.333. The topological polar surface area (TPSA) is 58.2 Å². The standard InChI is InChI=1S/C12H15BrN2O2/c1-9(16)15-11(7-13)12(17)14-8-10-5-3-2-4-6-10/h2-6,11H,7-8H2,1H3,(H,14,17)(H,15,16). The second kappa shape index (κ2) is 7.06. The molecule has 0 aliphatic rings. The largest absolute Gasteiger partial charge is 0.350 e. The molecule has 17 heavy (non-hydrogen) atoms. The molecule has 4 nitrogen and oxygen atoms in total. The SMILES string of the molecule is CC(=O)NC(CBr)C(=O)NCc1ccccc1. The lowest BCUT2D eigenvalue weighted by molar-refractivity contribution is -0.127. The number of halogens is 1. The molecule has 92 valence electrons. The smallest absolute Gasteiger partial charge is 0.243 e. The average molecular weight is 299 g/mol. The van der Waals surface area contributed by atoms with Crippen molar-refractivity contribution in [2.75, 3.05) is 5.33 Å². The molecule has 1 aromatic rings. The minimum absolute atomic E-state index is 0.194. The van der Waals surface area contributed by atoms with E-state index in [4.69, 9.17) is 0 Å². The van der Waals surface area contributed by atoms with Crippen LogP contribution in [0, 0.1) is 0 Å². The summed E-state index contributed by atoms with van der Waals surface area (Å²) in [5.74, 6) is -0.412. The Bertz CT molecular complexity index is 381. The lowest BCUT2D eigenvalue weighted by atomic mass is 10.2. The molecule has 0 aliphatic heterocycles. The number of amides is 2. The summed E-state index contributed by atoms with van der Waals surface area (Å²) in [5.41, 5.74) is 1.02. The van der Waals surface area contributed by atoms with Crippen LogP contribution in [0.4, 0.5) is 0 Å². The van der Waals surface area contributed by atoms with Gasteiger partial charge in [0.1, 0.15) is 6.04 Å². The lowest BCUT2D eigenvalue weighted by Gasteiger charge is -2.14. The first-order valence-electron chi connectivity index (χ1n) is 5.28. The maximum absolute atomic E-state index is 11.7. The van der Waals surface area contributed by atoms with Crippen LogP contribution in [0.1, 0.15) is 12.5 Å². The maximum atomic E-state index is 11.7. The average Bonchev–Trinajstić information content (AvgIpc) is 2.34. The molecule has 0 bridgehead atoms. The van der Waals surface area contributed by atoms with Crippen molar-refractivity contribution >= 4 is 27.7 Å². The molecule has 1 rings (SSSR count). The van der Waals surface area contributed by atoms with Gasteiger partial charge in [0.05, 0.1) is 0 Å². The molecule has 2 amide bonds. The van der Waals surface area contributed by atoms with Crippen LogP contribution in [0.3, 0.4) is 0 Å². The fourth-order valence-electron chi connectivity index (χ4n) is 1.33. The van der Waals surface area contributed by atoms with E-state index >= 15 is 0 Å². The third-order valence-electron chi connectivity index (χ3n) is 2.16. The summed E-state index contributed by atoms with van der Waals surface area (Å²) in [6.45, 7) is 1.85. The van der Waals surface area contributed by atoms with E-state index in [-0.39, 0.29) is 11.8 Å². The number of alkyl halides is 1. The summed E-state index contributed by atoms with van der Waals surface area (Å²) in [7, 11) is 0. The zero-order valence-corrected chi connectivity index (χ0v) is 11.2. The van der Waals surface area contributed by atoms with Crippen LogP contribution in [0.5, 0.6) is 0 Å². The highest BCUT2D eigenvalue weighted by Gasteiger charge is 2.17.